The monoisotopic (exact) mass is 335 g/mol. The van der Waals surface area contributed by atoms with Gasteiger partial charge in [-0.05, 0) is 25.0 Å². The van der Waals surface area contributed by atoms with Gasteiger partial charge >= 0.3 is 0 Å². The predicted molar refractivity (Wildman–Crippen MR) is 85.0 cm³/mol. The standard InChI is InChI=1S/C14H17N5O3S/c1-23(21,22)19-8-2-3-12(19)14(20)16-13-9-11(17-18-13)10-4-6-15-7-5-10/h4-7,9,12H,2-3,8H2,1H3,(H2,16,17,18,20). The van der Waals surface area contributed by atoms with Crippen LogP contribution >= 0.6 is 0 Å². The lowest BCUT2D eigenvalue weighted by Crippen LogP contribution is -2.42. The number of sulfonamides is 1. The minimum absolute atomic E-state index is 0.360. The van der Waals surface area contributed by atoms with E-state index in [0.29, 0.717) is 25.2 Å². The molecule has 2 N–H and O–H groups in total. The van der Waals surface area contributed by atoms with Gasteiger partial charge in [0, 0.05) is 30.6 Å². The lowest BCUT2D eigenvalue weighted by molar-refractivity contribution is -0.119. The van der Waals surface area contributed by atoms with Crippen molar-refractivity contribution < 1.29 is 13.2 Å². The molecule has 122 valence electrons. The number of H-pyrrole nitrogens is 1. The van der Waals surface area contributed by atoms with Crippen molar-refractivity contribution in [2.45, 2.75) is 18.9 Å². The highest BCUT2D eigenvalue weighted by molar-refractivity contribution is 7.88. The smallest absolute Gasteiger partial charge is 0.244 e. The molecule has 0 saturated carbocycles. The number of amides is 1. The van der Waals surface area contributed by atoms with Gasteiger partial charge in [-0.15, -0.1) is 0 Å². The van der Waals surface area contributed by atoms with Crippen LogP contribution in [0, 0.1) is 0 Å². The van der Waals surface area contributed by atoms with E-state index >= 15 is 0 Å². The van der Waals surface area contributed by atoms with Gasteiger partial charge in [0.15, 0.2) is 5.82 Å². The number of aromatic nitrogens is 3. The van der Waals surface area contributed by atoms with E-state index in [4.69, 9.17) is 0 Å². The number of pyridine rings is 1. The molecule has 0 radical (unpaired) electrons. The number of aromatic amines is 1. The van der Waals surface area contributed by atoms with Crippen molar-refractivity contribution in [3.8, 4) is 11.3 Å². The summed E-state index contributed by atoms with van der Waals surface area (Å²) in [7, 11) is -3.39. The number of nitrogens with one attached hydrogen (secondary N) is 2. The first-order valence-electron chi connectivity index (χ1n) is 7.18. The van der Waals surface area contributed by atoms with Crippen molar-refractivity contribution in [2.75, 3.05) is 18.1 Å². The number of rotatable bonds is 4. The second-order valence-corrected chi connectivity index (χ2v) is 7.36. The number of carbonyl (C=O) groups excluding carboxylic acids is 1. The Kier molecular flexibility index (Phi) is 4.14. The summed E-state index contributed by atoms with van der Waals surface area (Å²) < 4.78 is 24.7. The Hall–Kier alpha value is -2.26. The van der Waals surface area contributed by atoms with Crippen molar-refractivity contribution in [2.24, 2.45) is 0 Å². The molecule has 0 aliphatic carbocycles. The van der Waals surface area contributed by atoms with Crippen LogP contribution in [0.4, 0.5) is 5.82 Å². The lowest BCUT2D eigenvalue weighted by atomic mass is 10.2. The Morgan fingerprint density at radius 2 is 2.13 bits per heavy atom. The minimum Gasteiger partial charge on any atom is -0.308 e. The van der Waals surface area contributed by atoms with E-state index in [1.165, 1.54) is 4.31 Å². The largest absolute Gasteiger partial charge is 0.308 e. The van der Waals surface area contributed by atoms with Crippen LogP contribution in [0.3, 0.4) is 0 Å². The zero-order chi connectivity index (χ0) is 16.4. The van der Waals surface area contributed by atoms with Crippen molar-refractivity contribution in [1.29, 1.82) is 0 Å². The molecule has 1 aliphatic heterocycles. The van der Waals surface area contributed by atoms with Gasteiger partial charge in [0.25, 0.3) is 0 Å². The molecule has 1 aliphatic rings. The molecule has 23 heavy (non-hydrogen) atoms. The zero-order valence-electron chi connectivity index (χ0n) is 12.6. The first-order chi connectivity index (χ1) is 10.9. The number of carbonyl (C=O) groups is 1. The summed E-state index contributed by atoms with van der Waals surface area (Å²) in [5, 5.41) is 9.55. The highest BCUT2D eigenvalue weighted by Gasteiger charge is 2.36. The normalized spacial score (nSPS) is 18.9. The van der Waals surface area contributed by atoms with Gasteiger partial charge in [0.1, 0.15) is 6.04 Å². The molecule has 2 aromatic heterocycles. The zero-order valence-corrected chi connectivity index (χ0v) is 13.4. The van der Waals surface area contributed by atoms with Crippen molar-refractivity contribution in [1.82, 2.24) is 19.5 Å². The van der Waals surface area contributed by atoms with Crippen LogP contribution in [0.1, 0.15) is 12.8 Å². The molecule has 9 heteroatoms. The Morgan fingerprint density at radius 3 is 2.83 bits per heavy atom. The summed E-state index contributed by atoms with van der Waals surface area (Å²) >= 11 is 0. The van der Waals surface area contributed by atoms with Crippen LogP contribution in [0.15, 0.2) is 30.6 Å². The van der Waals surface area contributed by atoms with E-state index in [0.717, 1.165) is 17.5 Å². The molecular weight excluding hydrogens is 318 g/mol. The third-order valence-corrected chi connectivity index (χ3v) is 5.04. The Morgan fingerprint density at radius 1 is 1.39 bits per heavy atom. The maximum atomic E-state index is 12.3. The van der Waals surface area contributed by atoms with Crippen LogP contribution in [-0.4, -0.2) is 52.7 Å². The van der Waals surface area contributed by atoms with Crippen LogP contribution in [-0.2, 0) is 14.8 Å². The Balaban J connectivity index is 1.73. The molecule has 0 bridgehead atoms. The number of anilines is 1. The summed E-state index contributed by atoms with van der Waals surface area (Å²) in [4.78, 5) is 16.3. The lowest BCUT2D eigenvalue weighted by Gasteiger charge is -2.20. The van der Waals surface area contributed by atoms with Gasteiger partial charge in [-0.3, -0.25) is 14.9 Å². The second kappa shape index (κ2) is 6.09. The summed E-state index contributed by atoms with van der Waals surface area (Å²) in [6, 6.07) is 4.67. The Labute approximate surface area is 134 Å². The van der Waals surface area contributed by atoms with Gasteiger partial charge in [0.2, 0.25) is 15.9 Å². The molecule has 8 nitrogen and oxygen atoms in total. The number of hydrogen-bond donors (Lipinski definition) is 2. The third-order valence-electron chi connectivity index (χ3n) is 3.75. The topological polar surface area (TPSA) is 108 Å². The Bertz CT molecular complexity index is 803. The van der Waals surface area contributed by atoms with E-state index in [2.05, 4.69) is 20.5 Å². The van der Waals surface area contributed by atoms with E-state index in [1.54, 1.807) is 18.5 Å². The molecule has 1 fully saturated rings. The summed E-state index contributed by atoms with van der Waals surface area (Å²) in [5.41, 5.74) is 1.64. The molecule has 3 heterocycles. The molecule has 1 atom stereocenters. The van der Waals surface area contributed by atoms with Gasteiger partial charge < -0.3 is 5.32 Å². The second-order valence-electron chi connectivity index (χ2n) is 5.42. The molecular formula is C14H17N5O3S. The fourth-order valence-electron chi connectivity index (χ4n) is 2.67. The van der Waals surface area contributed by atoms with E-state index in [1.807, 2.05) is 12.1 Å². The molecule has 3 rings (SSSR count). The fourth-order valence-corrected chi connectivity index (χ4v) is 3.80. The predicted octanol–water partition coefficient (Wildman–Crippen LogP) is 0.834. The van der Waals surface area contributed by atoms with Gasteiger partial charge in [-0.1, -0.05) is 0 Å². The van der Waals surface area contributed by atoms with Crippen molar-refractivity contribution >= 4 is 21.7 Å². The quantitative estimate of drug-likeness (QED) is 0.860. The van der Waals surface area contributed by atoms with Crippen molar-refractivity contribution in [3.63, 3.8) is 0 Å². The molecule has 1 unspecified atom stereocenters. The SMILES string of the molecule is CS(=O)(=O)N1CCCC1C(=O)Nc1cc(-c2ccncc2)[nH]n1. The molecule has 0 aromatic carbocycles. The van der Waals surface area contributed by atoms with E-state index in [-0.39, 0.29) is 5.91 Å². The average Bonchev–Trinajstić information content (AvgIpc) is 3.16. The maximum Gasteiger partial charge on any atom is 0.244 e. The first kappa shape index (κ1) is 15.6. The average molecular weight is 335 g/mol. The molecule has 2 aromatic rings. The van der Waals surface area contributed by atoms with Crippen LogP contribution in [0.2, 0.25) is 0 Å². The van der Waals surface area contributed by atoms with E-state index < -0.39 is 16.1 Å². The van der Waals surface area contributed by atoms with Crippen LogP contribution in [0.5, 0.6) is 0 Å². The summed E-state index contributed by atoms with van der Waals surface area (Å²) in [6.07, 6.45) is 5.64. The minimum atomic E-state index is -3.39. The number of hydrogen-bond acceptors (Lipinski definition) is 5. The molecule has 1 amide bonds. The third kappa shape index (κ3) is 3.40. The van der Waals surface area contributed by atoms with Crippen LogP contribution < -0.4 is 5.32 Å². The number of nitrogens with zero attached hydrogens (tertiary/aromatic N) is 3. The van der Waals surface area contributed by atoms with Gasteiger partial charge in [-0.2, -0.15) is 9.40 Å². The van der Waals surface area contributed by atoms with Gasteiger partial charge in [-0.25, -0.2) is 8.42 Å². The molecule has 1 saturated heterocycles. The summed E-state index contributed by atoms with van der Waals surface area (Å²) in [6.45, 7) is 0.375. The summed E-state index contributed by atoms with van der Waals surface area (Å²) in [5.74, 6) is 0.00265. The fraction of sp³-hybridized carbons (Fsp3) is 0.357. The van der Waals surface area contributed by atoms with Gasteiger partial charge in [0.05, 0.1) is 11.9 Å². The van der Waals surface area contributed by atoms with Crippen molar-refractivity contribution in [3.05, 3.63) is 30.6 Å². The van der Waals surface area contributed by atoms with Crippen LogP contribution in [0.25, 0.3) is 11.3 Å². The molecule has 0 spiro atoms. The first-order valence-corrected chi connectivity index (χ1v) is 9.03. The maximum absolute atomic E-state index is 12.3. The highest BCUT2D eigenvalue weighted by atomic mass is 32.2. The van der Waals surface area contributed by atoms with E-state index in [9.17, 15) is 13.2 Å². The highest BCUT2D eigenvalue weighted by Crippen LogP contribution is 2.23.